The van der Waals surface area contributed by atoms with Crippen LogP contribution in [0.25, 0.3) is 0 Å². The number of piperazine rings is 1. The number of anilines is 1. The van der Waals surface area contributed by atoms with Gasteiger partial charge in [0.15, 0.2) is 5.69 Å². The van der Waals surface area contributed by atoms with E-state index in [1.807, 2.05) is 22.6 Å². The molecule has 0 saturated carbocycles. The number of halogens is 1. The zero-order chi connectivity index (χ0) is 27.0. The van der Waals surface area contributed by atoms with Crippen LogP contribution in [0.3, 0.4) is 0 Å². The number of carbonyl (C=O) groups excluding carboxylic acids is 1. The summed E-state index contributed by atoms with van der Waals surface area (Å²) in [7, 11) is 0. The van der Waals surface area contributed by atoms with Gasteiger partial charge in [0.1, 0.15) is 17.7 Å². The number of aryl methyl sites for hydroxylation is 1. The highest BCUT2D eigenvalue weighted by molar-refractivity contribution is 5.97. The van der Waals surface area contributed by atoms with Gasteiger partial charge >= 0.3 is 0 Å². The molecule has 1 N–H and O–H groups in total. The lowest BCUT2D eigenvalue weighted by molar-refractivity contribution is -0.120. The van der Waals surface area contributed by atoms with Crippen LogP contribution in [0.15, 0.2) is 42.7 Å². The Hall–Kier alpha value is -3.61. The maximum atomic E-state index is 13.8. The predicted octanol–water partition coefficient (Wildman–Crippen LogP) is 3.17. The maximum Gasteiger partial charge on any atom is 0.241 e. The fourth-order valence-electron chi connectivity index (χ4n) is 5.57. The Morgan fingerprint density at radius 3 is 2.74 bits per heavy atom. The Bertz CT molecular complexity index is 1370. The van der Waals surface area contributed by atoms with Crippen LogP contribution in [0.5, 0.6) is 0 Å². The molecule has 1 fully saturated rings. The number of nitrogens with one attached hydrogen (secondary N) is 1. The molecule has 2 aromatic heterocycles. The minimum atomic E-state index is -0.256. The Balaban J connectivity index is 1.36. The molecule has 1 aromatic carbocycles. The number of amides is 1. The van der Waals surface area contributed by atoms with E-state index < -0.39 is 0 Å². The van der Waals surface area contributed by atoms with Gasteiger partial charge in [0.05, 0.1) is 17.9 Å². The van der Waals surface area contributed by atoms with Gasteiger partial charge in [-0.25, -0.2) is 9.37 Å². The number of nitriles is 1. The van der Waals surface area contributed by atoms with Gasteiger partial charge in [-0.2, -0.15) is 5.26 Å². The zero-order valence-corrected chi connectivity index (χ0v) is 22.4. The molecule has 198 valence electrons. The summed E-state index contributed by atoms with van der Waals surface area (Å²) in [5.74, 6) is 0.590. The summed E-state index contributed by atoms with van der Waals surface area (Å²) in [4.78, 5) is 27.0. The van der Waals surface area contributed by atoms with Gasteiger partial charge in [-0.15, -0.1) is 0 Å². The number of nitrogens with zero attached hydrogens (tertiary/aromatic N) is 6. The van der Waals surface area contributed by atoms with Crippen molar-refractivity contribution in [3.05, 3.63) is 76.9 Å². The van der Waals surface area contributed by atoms with E-state index in [2.05, 4.69) is 48.1 Å². The second-order valence-corrected chi connectivity index (χ2v) is 11.2. The van der Waals surface area contributed by atoms with Crippen LogP contribution in [0.2, 0.25) is 0 Å². The monoisotopic (exact) mass is 515 g/mol. The molecule has 0 unspecified atom stereocenters. The fourth-order valence-corrected chi connectivity index (χ4v) is 5.57. The van der Waals surface area contributed by atoms with Crippen molar-refractivity contribution < 1.29 is 9.18 Å². The normalized spacial score (nSPS) is 20.8. The number of aromatic nitrogens is 3. The van der Waals surface area contributed by atoms with Crippen molar-refractivity contribution in [3.63, 3.8) is 0 Å². The summed E-state index contributed by atoms with van der Waals surface area (Å²) in [6, 6.07) is 11.0. The number of benzene rings is 1. The second kappa shape index (κ2) is 10.3. The third-order valence-corrected chi connectivity index (χ3v) is 7.60. The first-order valence-corrected chi connectivity index (χ1v) is 13.1. The highest BCUT2D eigenvalue weighted by Gasteiger charge is 2.40. The first-order chi connectivity index (χ1) is 18.1. The third-order valence-electron chi connectivity index (χ3n) is 7.60. The van der Waals surface area contributed by atoms with E-state index in [0.717, 1.165) is 41.4 Å². The number of pyridine rings is 1. The Morgan fingerprint density at radius 2 is 2.03 bits per heavy atom. The van der Waals surface area contributed by atoms with E-state index in [9.17, 15) is 14.4 Å². The van der Waals surface area contributed by atoms with Crippen LogP contribution >= 0.6 is 0 Å². The average Bonchev–Trinajstić information content (AvgIpc) is 3.37. The van der Waals surface area contributed by atoms with E-state index in [1.54, 1.807) is 18.3 Å². The van der Waals surface area contributed by atoms with Crippen LogP contribution in [0, 0.1) is 24.1 Å². The van der Waals surface area contributed by atoms with Crippen molar-refractivity contribution in [3.8, 4) is 6.07 Å². The number of fused-ring (bicyclic) bond motifs is 1. The van der Waals surface area contributed by atoms with E-state index in [4.69, 9.17) is 4.98 Å². The van der Waals surface area contributed by atoms with Crippen LogP contribution in [-0.2, 0) is 23.2 Å². The summed E-state index contributed by atoms with van der Waals surface area (Å²) in [5, 5.41) is 12.8. The molecule has 9 heteroatoms. The van der Waals surface area contributed by atoms with Crippen molar-refractivity contribution in [2.24, 2.45) is 0 Å². The topological polar surface area (TPSA) is 90.1 Å². The molecule has 0 aliphatic carbocycles. The van der Waals surface area contributed by atoms with Crippen molar-refractivity contribution in [1.82, 2.24) is 24.8 Å². The van der Waals surface area contributed by atoms with Crippen molar-refractivity contribution >= 4 is 11.6 Å². The molecule has 8 nitrogen and oxygen atoms in total. The summed E-state index contributed by atoms with van der Waals surface area (Å²) in [6.07, 6.45) is 4.27. The fraction of sp³-hybridized carbons (Fsp3) is 0.448. The number of carbonyl (C=O) groups is 1. The molecule has 1 amide bonds. The Kier molecular flexibility index (Phi) is 7.03. The molecule has 5 rings (SSSR count). The summed E-state index contributed by atoms with van der Waals surface area (Å²) >= 11 is 0. The lowest BCUT2D eigenvalue weighted by atomic mass is 9.91. The first kappa shape index (κ1) is 26.0. The molecule has 2 aliphatic rings. The highest BCUT2D eigenvalue weighted by atomic mass is 19.1. The van der Waals surface area contributed by atoms with Crippen molar-refractivity contribution in [1.29, 1.82) is 5.26 Å². The molecule has 3 aromatic rings. The number of hydrogen-bond donors (Lipinski definition) is 1. The predicted molar refractivity (Wildman–Crippen MR) is 143 cm³/mol. The molecule has 2 aliphatic heterocycles. The molecule has 4 heterocycles. The second-order valence-electron chi connectivity index (χ2n) is 11.2. The van der Waals surface area contributed by atoms with E-state index in [1.165, 1.54) is 12.1 Å². The minimum absolute atomic E-state index is 0.0525. The number of rotatable bonds is 6. The maximum absolute atomic E-state index is 13.8. The molecule has 0 radical (unpaired) electrons. The van der Waals surface area contributed by atoms with Crippen LogP contribution in [0.1, 0.15) is 49.1 Å². The van der Waals surface area contributed by atoms with Gasteiger partial charge in [-0.1, -0.05) is 26.0 Å². The largest absolute Gasteiger partial charge is 0.332 e. The lowest BCUT2D eigenvalue weighted by Gasteiger charge is -2.40. The van der Waals surface area contributed by atoms with Gasteiger partial charge in [0, 0.05) is 56.1 Å². The summed E-state index contributed by atoms with van der Waals surface area (Å²) < 4.78 is 15.4. The molecular formula is C29H34FN7O. The van der Waals surface area contributed by atoms with Gasteiger partial charge in [-0.05, 0) is 49.6 Å². The minimum Gasteiger partial charge on any atom is -0.332 e. The smallest absolute Gasteiger partial charge is 0.241 e. The SMILES string of the molecule is Cc1nc(C#N)cn1C[C@H]1CN[C@H](C)CN1CC(=O)N1CC(C)(C)c2ncc(Cc3ccc(F)cc3)cc21. The molecular weight excluding hydrogens is 481 g/mol. The quantitative estimate of drug-likeness (QED) is 0.543. The van der Waals surface area contributed by atoms with Gasteiger partial charge in [0.2, 0.25) is 5.91 Å². The van der Waals surface area contributed by atoms with E-state index >= 15 is 0 Å². The summed E-state index contributed by atoms with van der Waals surface area (Å²) in [5.41, 5.74) is 3.93. The molecule has 0 bridgehead atoms. The highest BCUT2D eigenvalue weighted by Crippen LogP contribution is 2.39. The van der Waals surface area contributed by atoms with Gasteiger partial charge < -0.3 is 14.8 Å². The number of hydrogen-bond acceptors (Lipinski definition) is 6. The van der Waals surface area contributed by atoms with Crippen molar-refractivity contribution in [2.75, 3.05) is 31.1 Å². The summed E-state index contributed by atoms with van der Waals surface area (Å²) in [6.45, 7) is 11.3. The van der Waals surface area contributed by atoms with E-state index in [0.29, 0.717) is 31.7 Å². The van der Waals surface area contributed by atoms with Gasteiger partial charge in [0.25, 0.3) is 0 Å². The molecule has 38 heavy (non-hydrogen) atoms. The molecule has 1 saturated heterocycles. The molecule has 0 spiro atoms. The number of imidazole rings is 1. The van der Waals surface area contributed by atoms with Crippen LogP contribution in [0.4, 0.5) is 10.1 Å². The molecule has 2 atom stereocenters. The Morgan fingerprint density at radius 1 is 1.26 bits per heavy atom. The standard InChI is InChI=1S/C29H34FN7O/c1-19-14-36(25(13-32-19)16-35-15-24(11-31)34-20(35)2)17-27(38)37-18-29(3,4)28-26(37)10-22(12-33-28)9-21-5-7-23(30)8-6-21/h5-8,10,12,15,19,25,32H,9,13-14,16-18H2,1-4H3/t19-,25-/m1/s1. The van der Waals surface area contributed by atoms with Gasteiger partial charge in [-0.3, -0.25) is 14.7 Å². The lowest BCUT2D eigenvalue weighted by Crippen LogP contribution is -2.59. The zero-order valence-electron chi connectivity index (χ0n) is 22.4. The Labute approximate surface area is 223 Å². The first-order valence-electron chi connectivity index (χ1n) is 13.1. The van der Waals surface area contributed by atoms with Crippen LogP contribution in [-0.4, -0.2) is 63.6 Å². The van der Waals surface area contributed by atoms with Crippen molar-refractivity contribution in [2.45, 2.75) is 58.2 Å². The van der Waals surface area contributed by atoms with Crippen LogP contribution < -0.4 is 10.2 Å². The van der Waals surface area contributed by atoms with E-state index in [-0.39, 0.29) is 29.2 Å². The third kappa shape index (κ3) is 5.33. The average molecular weight is 516 g/mol.